The molecule has 0 bridgehead atoms. The summed E-state index contributed by atoms with van der Waals surface area (Å²) in [5, 5.41) is 0. The average Bonchev–Trinajstić information content (AvgIpc) is 3.08. The van der Waals surface area contributed by atoms with Gasteiger partial charge in [-0.2, -0.15) is 12.8 Å². The van der Waals surface area contributed by atoms with E-state index in [-0.39, 0.29) is 34.0 Å². The summed E-state index contributed by atoms with van der Waals surface area (Å²) in [5.74, 6) is 0.400. The van der Waals surface area contributed by atoms with Crippen LogP contribution in [0.15, 0.2) is 12.7 Å². The maximum Gasteiger partial charge on any atom is -0.0829 e. The third kappa shape index (κ3) is 50.0. The van der Waals surface area contributed by atoms with E-state index in [9.17, 15) is 4.79 Å². The molecule has 0 aliphatic heterocycles. The molecule has 0 N–H and O–H groups in total. The third-order valence-electron chi connectivity index (χ3n) is 2.59. The molecule has 1 nitrogen and oxygen atoms in total. The van der Waals surface area contributed by atoms with Crippen molar-refractivity contribution in [3.63, 3.8) is 0 Å². The van der Waals surface area contributed by atoms with Gasteiger partial charge in [0.2, 0.25) is 0 Å². The number of ketones is 1. The van der Waals surface area contributed by atoms with Crippen molar-refractivity contribution in [2.45, 2.75) is 59.8 Å². The first-order valence-electron chi connectivity index (χ1n) is 7.21. The van der Waals surface area contributed by atoms with E-state index in [0.717, 1.165) is 6.42 Å². The van der Waals surface area contributed by atoms with Gasteiger partial charge in [0.1, 0.15) is 5.78 Å². The Balaban J connectivity index is -0.0000000504. The molecule has 1 fully saturated rings. The zero-order valence-corrected chi connectivity index (χ0v) is 23.8. The smallest absolute Gasteiger partial charge is 0.0829 e. The maximum absolute atomic E-state index is 10.5. The van der Waals surface area contributed by atoms with Crippen molar-refractivity contribution in [2.75, 3.05) is 0 Å². The molecule has 1 aliphatic rings. The quantitative estimate of drug-likeness (QED) is 0.175. The predicted molar refractivity (Wildman–Crippen MR) is 124 cm³/mol. The van der Waals surface area contributed by atoms with Crippen LogP contribution in [-0.2, 0) is 31.8 Å². The van der Waals surface area contributed by atoms with E-state index < -0.39 is 27.0 Å². The van der Waals surface area contributed by atoms with Crippen LogP contribution in [0.5, 0.6) is 0 Å². The van der Waals surface area contributed by atoms with Crippen molar-refractivity contribution >= 4 is 53.8 Å². The van der Waals surface area contributed by atoms with Gasteiger partial charge in [0, 0.05) is 5.92 Å². The Kier molecular flexibility index (Phi) is 54.8. The summed E-state index contributed by atoms with van der Waals surface area (Å²) < 4.78 is 3.68. The number of rotatable bonds is 3. The Morgan fingerprint density at radius 2 is 1.35 bits per heavy atom. The fourth-order valence-electron chi connectivity index (χ4n) is 1.14. The second-order valence-electron chi connectivity index (χ2n) is 4.43. The third-order valence-corrected chi connectivity index (χ3v) is 7.76. The van der Waals surface area contributed by atoms with Crippen LogP contribution < -0.4 is 0 Å². The van der Waals surface area contributed by atoms with Crippen LogP contribution in [-0.4, -0.2) is 15.0 Å². The van der Waals surface area contributed by atoms with Crippen LogP contribution in [0, 0.1) is 34.6 Å². The minimum Gasteiger partial charge on any atom is -0.358 e. The van der Waals surface area contributed by atoms with Crippen LogP contribution in [0.3, 0.4) is 0 Å². The summed E-state index contributed by atoms with van der Waals surface area (Å²) in [5.41, 5.74) is 0. The molecule has 26 heavy (non-hydrogen) atoms. The number of Topliss-reactive ketones (excluding diaryl/α,β-unsaturated/α-hetero) is 1. The molecule has 0 aromatic carbocycles. The molecule has 0 radical (unpaired) electrons. The zero-order valence-electron chi connectivity index (χ0n) is 17.3. The first-order valence-corrected chi connectivity index (χ1v) is 18.2. The Labute approximate surface area is 191 Å². The molecule has 0 spiro atoms. The van der Waals surface area contributed by atoms with Crippen molar-refractivity contribution in [3.05, 3.63) is 41.4 Å². The van der Waals surface area contributed by atoms with Crippen LogP contribution >= 0.6 is 38.8 Å². The molecular formula is C19H38Cl4ORu2-4. The number of allylic oxidation sites excluding steroid dienone is 1. The van der Waals surface area contributed by atoms with Crippen LogP contribution in [0.4, 0.5) is 0 Å². The molecule has 0 unspecified atom stereocenters. The SMILES string of the molecule is C=CC[C@H](C)C(C)=O.C[CH]=[Ru]([Cl])[Cl].C[CH]=[Ru]([Cl])[Cl].[CH-]1CCCC1.[CH3-].[CH3-].[CH3-]. The van der Waals surface area contributed by atoms with E-state index in [1.54, 1.807) is 13.0 Å². The number of hydrogen-bond donors (Lipinski definition) is 0. The second kappa shape index (κ2) is 34.1. The molecule has 7 heteroatoms. The van der Waals surface area contributed by atoms with Gasteiger partial charge in [0.25, 0.3) is 0 Å². The molecule has 1 atom stereocenters. The summed E-state index contributed by atoms with van der Waals surface area (Å²) in [7, 11) is 21.3. The minimum absolute atomic E-state index is 0. The molecule has 0 aromatic heterocycles. The van der Waals surface area contributed by atoms with E-state index in [1.165, 1.54) is 25.7 Å². The normalized spacial score (nSPS) is 12.6. The van der Waals surface area contributed by atoms with Crippen LogP contribution in [0.1, 0.15) is 59.8 Å². The van der Waals surface area contributed by atoms with Crippen LogP contribution in [0.25, 0.3) is 0 Å². The number of carbonyl (C=O) groups excluding carboxylic acids is 1. The molecule has 1 saturated carbocycles. The Hall–Kier alpha value is 1.56. The molecule has 0 saturated heterocycles. The molecule has 0 aromatic rings. The molecule has 1 rings (SSSR count). The van der Waals surface area contributed by atoms with Gasteiger partial charge >= 0.3 is 88.9 Å². The summed E-state index contributed by atoms with van der Waals surface area (Å²) in [4.78, 5) is 10.5. The summed E-state index contributed by atoms with van der Waals surface area (Å²) in [6, 6.07) is 0. The van der Waals surface area contributed by atoms with Crippen molar-refractivity contribution in [2.24, 2.45) is 5.92 Å². The van der Waals surface area contributed by atoms with E-state index in [0.29, 0.717) is 0 Å². The predicted octanol–water partition coefficient (Wildman–Crippen LogP) is 8.37. The number of hydrogen-bond acceptors (Lipinski definition) is 1. The summed E-state index contributed by atoms with van der Waals surface area (Å²) in [6.45, 7) is 10.8. The fraction of sp³-hybridized carbons (Fsp3) is 0.526. The van der Waals surface area contributed by atoms with Crippen molar-refractivity contribution in [1.82, 2.24) is 0 Å². The van der Waals surface area contributed by atoms with Gasteiger partial charge in [0.15, 0.2) is 0 Å². The first kappa shape index (κ1) is 41.8. The Morgan fingerprint density at radius 1 is 1.04 bits per heavy atom. The maximum atomic E-state index is 10.5. The Bertz CT molecular complexity index is 324. The van der Waals surface area contributed by atoms with Gasteiger partial charge in [-0.3, -0.25) is 4.79 Å². The average molecular weight is 626 g/mol. The van der Waals surface area contributed by atoms with E-state index in [4.69, 9.17) is 38.8 Å². The molecule has 0 amide bonds. The van der Waals surface area contributed by atoms with E-state index in [2.05, 4.69) is 13.0 Å². The monoisotopic (exact) mass is 626 g/mol. The van der Waals surface area contributed by atoms with Crippen molar-refractivity contribution in [1.29, 1.82) is 0 Å². The second-order valence-corrected chi connectivity index (χ2v) is 16.9. The standard InChI is InChI=1S/C7H12O.C5H9.2C2H4.3CH3.4ClH.2Ru/c1-4-5-6(2)7(3)8;1-2-4-5-3-1;2*1-2;;;;;;;;;/h4,6H,1,5H2,2-3H3;1H,2-5H2;2*1H,2H3;3*1H3;4*1H;;/q;-1;;;3*-1;;;;;2*+2/p-4/t6-;;;;;;;;;;;;/m0............/s1. The van der Waals surface area contributed by atoms with Gasteiger partial charge in [-0.1, -0.05) is 25.8 Å². The van der Waals surface area contributed by atoms with Crippen LogP contribution in [0.2, 0.25) is 0 Å². The Morgan fingerprint density at radius 3 is 1.42 bits per heavy atom. The van der Waals surface area contributed by atoms with Gasteiger partial charge in [-0.05, 0) is 13.3 Å². The van der Waals surface area contributed by atoms with Crippen molar-refractivity contribution < 1.29 is 31.8 Å². The topological polar surface area (TPSA) is 17.1 Å². The minimum atomic E-state index is -1.36. The fourth-order valence-corrected chi connectivity index (χ4v) is 1.14. The van der Waals surface area contributed by atoms with Gasteiger partial charge in [-0.25, -0.2) is 0 Å². The van der Waals surface area contributed by atoms with Gasteiger partial charge in [0.05, 0.1) is 0 Å². The van der Waals surface area contributed by atoms with Gasteiger partial charge in [-0.15, -0.1) is 6.58 Å². The molecule has 0 heterocycles. The number of carbonyl (C=O) groups is 1. The molecule has 168 valence electrons. The molecular weight excluding hydrogens is 588 g/mol. The first-order chi connectivity index (χ1) is 10.7. The zero-order chi connectivity index (χ0) is 18.7. The number of halogens is 4. The van der Waals surface area contributed by atoms with E-state index >= 15 is 0 Å². The summed E-state index contributed by atoms with van der Waals surface area (Å²) >= 11 is -2.73. The van der Waals surface area contributed by atoms with E-state index in [1.807, 2.05) is 30.0 Å². The largest absolute Gasteiger partial charge is 0.358 e. The molecule has 1 aliphatic carbocycles. The van der Waals surface area contributed by atoms with Crippen molar-refractivity contribution in [3.8, 4) is 0 Å². The van der Waals surface area contributed by atoms with Gasteiger partial charge < -0.3 is 28.7 Å². The summed E-state index contributed by atoms with van der Waals surface area (Å²) in [6.07, 6.45) is 10.6.